The number of benzene rings is 2. The molecule has 0 aliphatic rings. The molecule has 4 rings (SSSR count). The van der Waals surface area contributed by atoms with Gasteiger partial charge in [-0.1, -0.05) is 60.7 Å². The van der Waals surface area contributed by atoms with Crippen molar-refractivity contribution in [3.8, 4) is 28.2 Å². The summed E-state index contributed by atoms with van der Waals surface area (Å²) >= 11 is 0. The zero-order valence-corrected chi connectivity index (χ0v) is 19.2. The smallest absolute Gasteiger partial charge is 0.460 e. The van der Waals surface area contributed by atoms with Crippen LogP contribution in [0.1, 0.15) is 23.0 Å². The van der Waals surface area contributed by atoms with Crippen LogP contribution in [-0.4, -0.2) is 24.8 Å². The maximum absolute atomic E-state index is 13.0. The SMILES string of the molecule is CCOC(=O)c1cc(-c2ccccc2)cc(-c2ccccc2)[n+]1-c1ccc(C)cn1.F[B-](F)(F)F. The molecule has 2 heterocycles. The molecule has 0 fully saturated rings. The monoisotopic (exact) mass is 482 g/mol. The molecule has 4 nitrogen and oxygen atoms in total. The number of esters is 1. The van der Waals surface area contributed by atoms with Crippen LogP contribution < -0.4 is 4.57 Å². The normalized spacial score (nSPS) is 10.8. The van der Waals surface area contributed by atoms with Gasteiger partial charge in [-0.05, 0) is 47.7 Å². The molecule has 0 radical (unpaired) electrons. The van der Waals surface area contributed by atoms with E-state index in [0.717, 1.165) is 27.9 Å². The van der Waals surface area contributed by atoms with Gasteiger partial charge in [-0.2, -0.15) is 4.57 Å². The van der Waals surface area contributed by atoms with Crippen LogP contribution in [0.15, 0.2) is 91.1 Å². The van der Waals surface area contributed by atoms with Gasteiger partial charge in [0.25, 0.3) is 0 Å². The van der Waals surface area contributed by atoms with E-state index < -0.39 is 7.25 Å². The summed E-state index contributed by atoms with van der Waals surface area (Å²) in [5, 5.41) is 0. The summed E-state index contributed by atoms with van der Waals surface area (Å²) < 4.78 is 46.3. The van der Waals surface area contributed by atoms with E-state index in [1.807, 2.05) is 97.3 Å². The second-order valence-electron chi connectivity index (χ2n) is 7.49. The minimum atomic E-state index is -6.00. The maximum atomic E-state index is 13.0. The highest BCUT2D eigenvalue weighted by Crippen LogP contribution is 2.26. The van der Waals surface area contributed by atoms with Crippen LogP contribution in [0.2, 0.25) is 0 Å². The van der Waals surface area contributed by atoms with Crippen LogP contribution >= 0.6 is 0 Å². The molecule has 2 aromatic carbocycles. The van der Waals surface area contributed by atoms with Crippen LogP contribution in [0.4, 0.5) is 17.3 Å². The van der Waals surface area contributed by atoms with Crippen molar-refractivity contribution in [2.75, 3.05) is 6.61 Å². The van der Waals surface area contributed by atoms with Crippen molar-refractivity contribution < 1.29 is 31.4 Å². The van der Waals surface area contributed by atoms with E-state index in [4.69, 9.17) is 4.74 Å². The summed E-state index contributed by atoms with van der Waals surface area (Å²) in [6.07, 6.45) is 1.80. The molecule has 0 bridgehead atoms. The first-order chi connectivity index (χ1) is 16.7. The summed E-state index contributed by atoms with van der Waals surface area (Å²) in [6, 6.07) is 27.9. The molecule has 0 aliphatic heterocycles. The van der Waals surface area contributed by atoms with Gasteiger partial charge in [0, 0.05) is 17.7 Å². The fraction of sp³-hybridized carbons (Fsp3) is 0.115. The fourth-order valence-corrected chi connectivity index (χ4v) is 3.41. The average molecular weight is 482 g/mol. The number of carbonyl (C=O) groups excluding carboxylic acids is 1. The summed E-state index contributed by atoms with van der Waals surface area (Å²) in [5.74, 6) is 0.289. The quantitative estimate of drug-likeness (QED) is 0.142. The van der Waals surface area contributed by atoms with Crippen LogP contribution in [0.3, 0.4) is 0 Å². The Balaban J connectivity index is 0.000000623. The average Bonchev–Trinajstić information content (AvgIpc) is 2.84. The Bertz CT molecular complexity index is 1260. The van der Waals surface area contributed by atoms with Crippen molar-refractivity contribution in [3.63, 3.8) is 0 Å². The zero-order chi connectivity index (χ0) is 25.4. The molecule has 0 saturated heterocycles. The summed E-state index contributed by atoms with van der Waals surface area (Å²) in [5.41, 5.74) is 5.33. The summed E-state index contributed by atoms with van der Waals surface area (Å²) in [4.78, 5) is 17.6. The van der Waals surface area contributed by atoms with Gasteiger partial charge in [0.1, 0.15) is 11.9 Å². The van der Waals surface area contributed by atoms with Crippen molar-refractivity contribution >= 4 is 13.2 Å². The van der Waals surface area contributed by atoms with Crippen LogP contribution in [0, 0.1) is 6.92 Å². The van der Waals surface area contributed by atoms with E-state index in [0.29, 0.717) is 18.1 Å². The number of nitrogens with zero attached hydrogens (tertiary/aromatic N) is 2. The van der Waals surface area contributed by atoms with E-state index in [1.165, 1.54) is 0 Å². The van der Waals surface area contributed by atoms with Gasteiger partial charge in [0.2, 0.25) is 5.69 Å². The van der Waals surface area contributed by atoms with Crippen LogP contribution in [0.5, 0.6) is 0 Å². The summed E-state index contributed by atoms with van der Waals surface area (Å²) in [6.45, 7) is 4.10. The number of rotatable bonds is 5. The van der Waals surface area contributed by atoms with Gasteiger partial charge in [-0.15, -0.1) is 0 Å². The Morgan fingerprint density at radius 2 is 1.43 bits per heavy atom. The van der Waals surface area contributed by atoms with Gasteiger partial charge in [0.15, 0.2) is 0 Å². The summed E-state index contributed by atoms with van der Waals surface area (Å²) in [7, 11) is -6.00. The van der Waals surface area contributed by atoms with Gasteiger partial charge < -0.3 is 22.0 Å². The Kier molecular flexibility index (Phi) is 8.36. The van der Waals surface area contributed by atoms with Gasteiger partial charge in [-0.25, -0.2) is 4.79 Å². The van der Waals surface area contributed by atoms with Crippen LogP contribution in [0.25, 0.3) is 28.2 Å². The van der Waals surface area contributed by atoms with E-state index in [2.05, 4.69) is 11.1 Å². The number of halogens is 4. The first-order valence-corrected chi connectivity index (χ1v) is 10.9. The van der Waals surface area contributed by atoms with E-state index in [9.17, 15) is 22.1 Å². The molecule has 0 aliphatic carbocycles. The van der Waals surface area contributed by atoms with Crippen molar-refractivity contribution in [1.29, 1.82) is 0 Å². The van der Waals surface area contributed by atoms with Crippen LogP contribution in [-0.2, 0) is 4.74 Å². The maximum Gasteiger partial charge on any atom is 0.673 e. The second-order valence-corrected chi connectivity index (χ2v) is 7.49. The lowest BCUT2D eigenvalue weighted by molar-refractivity contribution is -0.591. The number of aryl methyl sites for hydroxylation is 1. The topological polar surface area (TPSA) is 43.1 Å². The molecular formula is C26H23BF4N2O2. The van der Waals surface area contributed by atoms with Crippen molar-refractivity contribution in [2.45, 2.75) is 13.8 Å². The molecule has 0 spiro atoms. The highest BCUT2D eigenvalue weighted by Gasteiger charge is 2.26. The molecule has 9 heteroatoms. The van der Waals surface area contributed by atoms with Gasteiger partial charge in [-0.3, -0.25) is 0 Å². The van der Waals surface area contributed by atoms with Crippen molar-refractivity contribution in [3.05, 3.63) is 102 Å². The van der Waals surface area contributed by atoms with E-state index >= 15 is 0 Å². The molecule has 180 valence electrons. The number of aromatic nitrogens is 2. The van der Waals surface area contributed by atoms with Crippen molar-refractivity contribution in [1.82, 2.24) is 4.98 Å². The van der Waals surface area contributed by atoms with E-state index in [-0.39, 0.29) is 5.97 Å². The number of carbonyl (C=O) groups is 1. The third-order valence-corrected chi connectivity index (χ3v) is 4.85. The molecule has 0 unspecified atom stereocenters. The largest absolute Gasteiger partial charge is 0.673 e. The minimum Gasteiger partial charge on any atom is -0.460 e. The third kappa shape index (κ3) is 7.24. The Hall–Kier alpha value is -4.01. The molecule has 35 heavy (non-hydrogen) atoms. The van der Waals surface area contributed by atoms with Gasteiger partial charge >= 0.3 is 19.0 Å². The Morgan fingerprint density at radius 3 is 1.94 bits per heavy atom. The highest BCUT2D eigenvalue weighted by atomic mass is 19.5. The van der Waals surface area contributed by atoms with Crippen molar-refractivity contribution in [2.24, 2.45) is 0 Å². The first-order valence-electron chi connectivity index (χ1n) is 10.9. The lowest BCUT2D eigenvalue weighted by atomic mass is 10.0. The molecule has 0 amide bonds. The Morgan fingerprint density at radius 1 is 0.857 bits per heavy atom. The lowest BCUT2D eigenvalue weighted by Crippen LogP contribution is -2.42. The number of hydrogen-bond acceptors (Lipinski definition) is 3. The molecule has 4 aromatic rings. The number of ether oxygens (including phenoxy) is 1. The third-order valence-electron chi connectivity index (χ3n) is 4.85. The fourth-order valence-electron chi connectivity index (χ4n) is 3.41. The second kappa shape index (κ2) is 11.4. The zero-order valence-electron chi connectivity index (χ0n) is 19.2. The van der Waals surface area contributed by atoms with Gasteiger partial charge in [0.05, 0.1) is 6.61 Å². The molecule has 0 N–H and O–H groups in total. The number of pyridine rings is 2. The standard InChI is InChI=1S/C26H23N2O2.BF4/c1-3-30-26(29)24-17-22(20-10-6-4-7-11-20)16-23(21-12-8-5-9-13-21)28(24)25-15-14-19(2)18-27-25;2-1(3,4)5/h4-18H,3H2,1-2H3;/q+1;-1. The molecule has 0 saturated carbocycles. The lowest BCUT2D eigenvalue weighted by Gasteiger charge is -2.13. The Labute approximate surface area is 201 Å². The predicted octanol–water partition coefficient (Wildman–Crippen LogP) is 6.48. The molecule has 2 aromatic heterocycles. The first kappa shape index (κ1) is 25.6. The highest BCUT2D eigenvalue weighted by molar-refractivity contribution is 6.50. The molecule has 0 atom stereocenters. The molecular weight excluding hydrogens is 459 g/mol. The van der Waals surface area contributed by atoms with E-state index in [1.54, 1.807) is 6.20 Å². The predicted molar refractivity (Wildman–Crippen MR) is 128 cm³/mol. The number of hydrogen-bond donors (Lipinski definition) is 0. The minimum absolute atomic E-state index is 0.302.